The number of carbonyl (C=O) groups excluding carboxylic acids is 1. The van der Waals surface area contributed by atoms with E-state index in [1.807, 2.05) is 32.0 Å². The third-order valence-electron chi connectivity index (χ3n) is 15.6. The number of hydrogen-bond donors (Lipinski definition) is 1. The van der Waals surface area contributed by atoms with Crippen LogP contribution in [0, 0.1) is 50.7 Å². The molecule has 0 spiro atoms. The van der Waals surface area contributed by atoms with Crippen molar-refractivity contribution in [1.29, 1.82) is 0 Å². The molecule has 1 aromatic carbocycles. The molecule has 0 radical (unpaired) electrons. The van der Waals surface area contributed by atoms with Crippen LogP contribution in [0.2, 0.25) is 0 Å². The fraction of sp³-hybridized carbons (Fsp3) is 0.689. The number of carboxylic acid groups (broad SMARTS) is 1. The van der Waals surface area contributed by atoms with E-state index >= 15 is 0 Å². The average molecular weight is 685 g/mol. The SMILES string of the molecule is C=CC.C=Cc1ccc(C2=CCC3(C)C(CCC4(C)C3CCC3[C@H]5CCCC5(CN(CCN(C)C)C(=O)CC(=O)O)CC[C@]34C)C2(C)C)cc1. The highest BCUT2D eigenvalue weighted by atomic mass is 16.4. The first-order valence-electron chi connectivity index (χ1n) is 19.7. The van der Waals surface area contributed by atoms with Crippen LogP contribution in [-0.2, 0) is 9.59 Å². The molecular weight excluding hydrogens is 617 g/mol. The molecule has 0 aliphatic heterocycles. The zero-order valence-corrected chi connectivity index (χ0v) is 32.8. The minimum Gasteiger partial charge on any atom is -0.481 e. The van der Waals surface area contributed by atoms with Gasteiger partial charge in [0.25, 0.3) is 0 Å². The number of carboxylic acids is 1. The van der Waals surface area contributed by atoms with Crippen LogP contribution < -0.4 is 0 Å². The standard InChI is InChI=1S/C42H62N2O3.C3H6/c1-9-29-12-14-30(15-13-29)31-18-21-39(4)34(38(31,2)3)19-22-41(6)35(39)17-16-32-33-11-10-20-42(33,24-23-40(32,41)5)28-44(26-25-43(7)8)36(45)27-37(46)47;1-3-2/h9,12-15,18,32-35H,1,10-11,16-17,19-28H2,2-8H3,(H,46,47);3H,1H2,2H3/t32?,33-,34?,35?,39?,40-,41?,42?;/m1./s1. The van der Waals surface area contributed by atoms with Crippen molar-refractivity contribution in [2.24, 2.45) is 50.7 Å². The second-order valence-electron chi connectivity index (χ2n) is 18.5. The molecule has 0 aromatic heterocycles. The molecule has 0 heterocycles. The van der Waals surface area contributed by atoms with E-state index in [-0.39, 0.29) is 27.6 Å². The summed E-state index contributed by atoms with van der Waals surface area (Å²) in [6, 6.07) is 9.03. The number of allylic oxidation sites excluding steroid dienone is 3. The van der Waals surface area contributed by atoms with E-state index in [0.29, 0.717) is 35.6 Å². The Labute approximate surface area is 304 Å². The largest absolute Gasteiger partial charge is 0.481 e. The molecule has 1 N–H and O–H groups in total. The summed E-state index contributed by atoms with van der Waals surface area (Å²) in [5.74, 6) is 1.44. The summed E-state index contributed by atoms with van der Waals surface area (Å²) in [6.45, 7) is 24.4. The first-order chi connectivity index (χ1) is 23.5. The van der Waals surface area contributed by atoms with E-state index in [1.54, 1.807) is 6.08 Å². The van der Waals surface area contributed by atoms with E-state index in [9.17, 15) is 14.7 Å². The fourth-order valence-corrected chi connectivity index (χ4v) is 13.1. The quantitative estimate of drug-likeness (QED) is 0.208. The van der Waals surface area contributed by atoms with Gasteiger partial charge in [0, 0.05) is 19.6 Å². The van der Waals surface area contributed by atoms with E-state index in [4.69, 9.17) is 0 Å². The van der Waals surface area contributed by atoms with Gasteiger partial charge in [-0.3, -0.25) is 9.59 Å². The van der Waals surface area contributed by atoms with E-state index in [2.05, 4.69) is 83.0 Å². The normalized spacial score (nSPS) is 36.7. The summed E-state index contributed by atoms with van der Waals surface area (Å²) in [6.07, 6.45) is 18.4. The molecule has 8 atom stereocenters. The van der Waals surface area contributed by atoms with Gasteiger partial charge in [-0.1, -0.05) is 90.1 Å². The summed E-state index contributed by atoms with van der Waals surface area (Å²) in [5, 5.41) is 9.49. The monoisotopic (exact) mass is 685 g/mol. The van der Waals surface area contributed by atoms with Gasteiger partial charge in [-0.05, 0) is 146 Å². The average Bonchev–Trinajstić information content (AvgIpc) is 3.47. The van der Waals surface area contributed by atoms with E-state index < -0.39 is 12.4 Å². The maximum atomic E-state index is 13.3. The number of carbonyl (C=O) groups is 2. The Morgan fingerprint density at radius 1 is 0.860 bits per heavy atom. The molecule has 276 valence electrons. The molecule has 5 nitrogen and oxygen atoms in total. The van der Waals surface area contributed by atoms with Gasteiger partial charge >= 0.3 is 5.97 Å². The Morgan fingerprint density at radius 2 is 1.54 bits per heavy atom. The lowest BCUT2D eigenvalue weighted by molar-refractivity contribution is -0.224. The highest BCUT2D eigenvalue weighted by Gasteiger charge is 2.69. The number of hydrogen-bond acceptors (Lipinski definition) is 3. The lowest BCUT2D eigenvalue weighted by atomic mass is 9.32. The van der Waals surface area contributed by atoms with Crippen molar-refractivity contribution in [3.63, 3.8) is 0 Å². The highest BCUT2D eigenvalue weighted by molar-refractivity contribution is 5.93. The summed E-state index contributed by atoms with van der Waals surface area (Å²) < 4.78 is 0. The van der Waals surface area contributed by atoms with Crippen molar-refractivity contribution in [3.8, 4) is 0 Å². The Balaban J connectivity index is 0.00000156. The smallest absolute Gasteiger partial charge is 0.312 e. The predicted octanol–water partition coefficient (Wildman–Crippen LogP) is 10.2. The number of aliphatic carboxylic acids is 1. The Morgan fingerprint density at radius 3 is 2.16 bits per heavy atom. The summed E-state index contributed by atoms with van der Waals surface area (Å²) >= 11 is 0. The van der Waals surface area contributed by atoms with Gasteiger partial charge in [0.05, 0.1) is 0 Å². The lowest BCUT2D eigenvalue weighted by Crippen LogP contribution is -2.65. The van der Waals surface area contributed by atoms with E-state index in [1.165, 1.54) is 80.9 Å². The van der Waals surface area contributed by atoms with Gasteiger partial charge in [0.2, 0.25) is 5.91 Å². The van der Waals surface area contributed by atoms with Gasteiger partial charge in [-0.15, -0.1) is 6.58 Å². The molecule has 5 aliphatic rings. The molecule has 4 saturated carbocycles. The molecule has 5 heteroatoms. The van der Waals surface area contributed by atoms with Gasteiger partial charge in [0.1, 0.15) is 6.42 Å². The molecule has 5 aliphatic carbocycles. The Kier molecular flexibility index (Phi) is 11.1. The zero-order chi connectivity index (χ0) is 36.7. The van der Waals surface area contributed by atoms with Crippen LogP contribution in [0.5, 0.6) is 0 Å². The maximum absolute atomic E-state index is 13.3. The van der Waals surface area contributed by atoms with E-state index in [0.717, 1.165) is 13.1 Å². The minimum atomic E-state index is -1.02. The van der Waals surface area contributed by atoms with Crippen molar-refractivity contribution in [2.45, 2.75) is 112 Å². The summed E-state index contributed by atoms with van der Waals surface area (Å²) in [7, 11) is 4.06. The topological polar surface area (TPSA) is 60.9 Å². The van der Waals surface area contributed by atoms with Crippen LogP contribution in [-0.4, -0.2) is 60.5 Å². The van der Waals surface area contributed by atoms with Crippen LogP contribution in [0.25, 0.3) is 11.6 Å². The molecule has 6 rings (SSSR count). The second kappa shape index (κ2) is 14.4. The number of nitrogens with zero attached hydrogens (tertiary/aromatic N) is 2. The molecule has 1 amide bonds. The molecule has 50 heavy (non-hydrogen) atoms. The third kappa shape index (κ3) is 6.47. The van der Waals surface area contributed by atoms with Crippen LogP contribution in [0.4, 0.5) is 0 Å². The molecule has 0 bridgehead atoms. The molecule has 4 fully saturated rings. The highest BCUT2D eigenvalue weighted by Crippen LogP contribution is 2.77. The number of likely N-dealkylation sites (N-methyl/N-ethyl adjacent to an activating group) is 1. The zero-order valence-electron chi connectivity index (χ0n) is 32.8. The maximum Gasteiger partial charge on any atom is 0.312 e. The molecule has 6 unspecified atom stereocenters. The van der Waals surface area contributed by atoms with Gasteiger partial charge in [-0.25, -0.2) is 0 Å². The van der Waals surface area contributed by atoms with Crippen molar-refractivity contribution in [1.82, 2.24) is 9.80 Å². The Hall–Kier alpha value is -2.66. The molecule has 0 saturated heterocycles. The summed E-state index contributed by atoms with van der Waals surface area (Å²) in [5.41, 5.74) is 5.20. The second-order valence-corrected chi connectivity index (χ2v) is 18.5. The predicted molar refractivity (Wildman–Crippen MR) is 208 cm³/mol. The number of rotatable bonds is 9. The third-order valence-corrected chi connectivity index (χ3v) is 15.6. The molecular formula is C45H68N2O3. The van der Waals surface area contributed by atoms with Crippen molar-refractivity contribution in [3.05, 3.63) is 60.7 Å². The first kappa shape index (κ1) is 38.6. The van der Waals surface area contributed by atoms with Crippen molar-refractivity contribution in [2.75, 3.05) is 33.7 Å². The van der Waals surface area contributed by atoms with Crippen molar-refractivity contribution >= 4 is 23.5 Å². The lowest BCUT2D eigenvalue weighted by Gasteiger charge is -2.72. The van der Waals surface area contributed by atoms with Crippen LogP contribution in [0.15, 0.2) is 49.6 Å². The minimum absolute atomic E-state index is 0.119. The van der Waals surface area contributed by atoms with Gasteiger partial charge < -0.3 is 14.9 Å². The number of fused-ring (bicyclic) bond motifs is 7. The van der Waals surface area contributed by atoms with Crippen LogP contribution >= 0.6 is 0 Å². The van der Waals surface area contributed by atoms with Gasteiger partial charge in [-0.2, -0.15) is 0 Å². The molecule has 1 aromatic rings. The van der Waals surface area contributed by atoms with Crippen molar-refractivity contribution < 1.29 is 14.7 Å². The fourth-order valence-electron chi connectivity index (χ4n) is 13.1. The van der Waals surface area contributed by atoms with Gasteiger partial charge in [0.15, 0.2) is 0 Å². The number of amides is 1. The summed E-state index contributed by atoms with van der Waals surface area (Å²) in [4.78, 5) is 28.9. The Bertz CT molecular complexity index is 1460. The van der Waals surface area contributed by atoms with Crippen LogP contribution in [0.3, 0.4) is 0 Å². The van der Waals surface area contributed by atoms with Crippen LogP contribution in [0.1, 0.15) is 123 Å². The first-order valence-corrected chi connectivity index (χ1v) is 19.7. The number of benzene rings is 1.